The number of hydrogen-bond acceptors (Lipinski definition) is 1. The van der Waals surface area contributed by atoms with Crippen molar-refractivity contribution in [3.63, 3.8) is 0 Å². The lowest BCUT2D eigenvalue weighted by atomic mass is 9.32. The first-order valence-corrected chi connectivity index (χ1v) is 7.91. The topological polar surface area (TPSA) is 17.1 Å². The molecular formula is C17H24F2O. The lowest BCUT2D eigenvalue weighted by molar-refractivity contribution is -0.250. The summed E-state index contributed by atoms with van der Waals surface area (Å²) in [5.74, 6) is 0. The molecule has 0 aliphatic heterocycles. The van der Waals surface area contributed by atoms with Crippen molar-refractivity contribution in [2.75, 3.05) is 0 Å². The number of carbonyl (C=O) groups excluding carboxylic acids is 1. The van der Waals surface area contributed by atoms with Gasteiger partial charge in [-0.05, 0) is 54.9 Å². The lowest BCUT2D eigenvalue weighted by Crippen LogP contribution is -2.66. The quantitative estimate of drug-likeness (QED) is 0.655. The molecule has 0 amide bonds. The first-order chi connectivity index (χ1) is 9.45. The zero-order valence-corrected chi connectivity index (χ0v) is 12.5. The second kappa shape index (κ2) is 4.38. The van der Waals surface area contributed by atoms with E-state index in [4.69, 9.17) is 0 Å². The Labute approximate surface area is 119 Å². The molecular weight excluding hydrogens is 258 g/mol. The summed E-state index contributed by atoms with van der Waals surface area (Å²) in [4.78, 5) is 11.4. The van der Waals surface area contributed by atoms with E-state index in [0.29, 0.717) is 24.7 Å². The van der Waals surface area contributed by atoms with Crippen molar-refractivity contribution >= 4 is 6.29 Å². The summed E-state index contributed by atoms with van der Waals surface area (Å²) in [7, 11) is 0. The van der Waals surface area contributed by atoms with E-state index >= 15 is 0 Å². The van der Waals surface area contributed by atoms with Crippen LogP contribution in [0.3, 0.4) is 0 Å². The van der Waals surface area contributed by atoms with Crippen LogP contribution in [0.1, 0.15) is 65.2 Å². The van der Waals surface area contributed by atoms with Crippen LogP contribution in [0.5, 0.6) is 0 Å². The third kappa shape index (κ3) is 1.67. The van der Waals surface area contributed by atoms with Crippen LogP contribution in [0.25, 0.3) is 0 Å². The number of hydrogen-bond donors (Lipinski definition) is 0. The second-order valence-electron chi connectivity index (χ2n) is 7.48. The van der Waals surface area contributed by atoms with Crippen molar-refractivity contribution in [1.29, 1.82) is 0 Å². The largest absolute Gasteiger partial charge is 0.298 e. The highest BCUT2D eigenvalue weighted by molar-refractivity contribution is 5.76. The Kier molecular flexibility index (Phi) is 3.11. The number of halogens is 2. The van der Waals surface area contributed by atoms with Crippen LogP contribution in [-0.4, -0.2) is 12.7 Å². The second-order valence-corrected chi connectivity index (χ2v) is 7.48. The molecule has 4 rings (SSSR count). The van der Waals surface area contributed by atoms with Gasteiger partial charge in [-0.3, -0.25) is 4.79 Å². The summed E-state index contributed by atoms with van der Waals surface area (Å²) >= 11 is 0. The molecule has 20 heavy (non-hydrogen) atoms. The highest BCUT2D eigenvalue weighted by Gasteiger charge is 2.73. The van der Waals surface area contributed by atoms with Crippen LogP contribution in [-0.2, 0) is 4.79 Å². The van der Waals surface area contributed by atoms with Gasteiger partial charge in [0.05, 0.1) is 0 Å². The number of carbonyl (C=O) groups is 1. The molecule has 0 spiro atoms. The van der Waals surface area contributed by atoms with E-state index in [1.165, 1.54) is 5.57 Å². The smallest absolute Gasteiger partial charge is 0.244 e. The van der Waals surface area contributed by atoms with Crippen LogP contribution in [0.4, 0.5) is 8.78 Å². The van der Waals surface area contributed by atoms with Crippen molar-refractivity contribution < 1.29 is 13.6 Å². The van der Waals surface area contributed by atoms with Crippen molar-refractivity contribution in [2.45, 2.75) is 71.6 Å². The lowest BCUT2D eigenvalue weighted by Gasteiger charge is -2.72. The molecule has 3 fully saturated rings. The van der Waals surface area contributed by atoms with Gasteiger partial charge in [-0.25, -0.2) is 8.78 Å². The molecule has 0 atom stereocenters. The zero-order chi connectivity index (χ0) is 14.6. The average Bonchev–Trinajstić information content (AvgIpc) is 2.35. The van der Waals surface area contributed by atoms with Gasteiger partial charge in [0, 0.05) is 5.41 Å². The minimum atomic E-state index is -2.18. The maximum absolute atomic E-state index is 13.0. The van der Waals surface area contributed by atoms with E-state index in [1.54, 1.807) is 0 Å². The molecule has 1 nitrogen and oxygen atoms in total. The van der Waals surface area contributed by atoms with Gasteiger partial charge in [-0.1, -0.05) is 32.3 Å². The third-order valence-corrected chi connectivity index (χ3v) is 6.68. The summed E-state index contributed by atoms with van der Waals surface area (Å²) in [6.07, 6.45) is 5.81. The predicted octanol–water partition coefficient (Wildman–Crippen LogP) is 4.91. The Bertz CT molecular complexity index is 440. The van der Waals surface area contributed by atoms with E-state index in [2.05, 4.69) is 13.8 Å². The van der Waals surface area contributed by atoms with Gasteiger partial charge in [0.25, 0.3) is 0 Å². The first-order valence-electron chi connectivity index (χ1n) is 7.91. The fraction of sp³-hybridized carbons (Fsp3) is 0.824. The Morgan fingerprint density at radius 3 is 2.25 bits per heavy atom. The van der Waals surface area contributed by atoms with Crippen molar-refractivity contribution in [3.8, 4) is 0 Å². The number of allylic oxidation sites excluding steroid dienone is 2. The standard InChI is InChI=1S/C17H24F2O/c1-3-15(4-2)6-5-12(8-20)13(7-15)16-9-17(10-16,11-16)14(18)19/h8,14H,3-7,9-11H2,1-2H3. The van der Waals surface area contributed by atoms with Gasteiger partial charge >= 0.3 is 0 Å². The SMILES string of the molecule is CCC1(CC)CCC(C=O)=C(C23CC(C(F)F)(C2)C3)C1. The minimum Gasteiger partial charge on any atom is -0.298 e. The van der Waals surface area contributed by atoms with Crippen LogP contribution in [0.2, 0.25) is 0 Å². The van der Waals surface area contributed by atoms with Gasteiger partial charge < -0.3 is 0 Å². The third-order valence-electron chi connectivity index (χ3n) is 6.68. The van der Waals surface area contributed by atoms with E-state index in [0.717, 1.165) is 44.0 Å². The molecule has 0 aromatic heterocycles. The fourth-order valence-electron chi connectivity index (χ4n) is 5.06. The zero-order valence-electron chi connectivity index (χ0n) is 12.5. The van der Waals surface area contributed by atoms with Gasteiger partial charge in [0.2, 0.25) is 6.43 Å². The number of rotatable bonds is 5. The van der Waals surface area contributed by atoms with Gasteiger partial charge in [-0.15, -0.1) is 0 Å². The van der Waals surface area contributed by atoms with Crippen molar-refractivity contribution in [2.24, 2.45) is 16.2 Å². The molecule has 0 N–H and O–H groups in total. The summed E-state index contributed by atoms with van der Waals surface area (Å²) < 4.78 is 26.0. The van der Waals surface area contributed by atoms with E-state index in [9.17, 15) is 13.6 Å². The van der Waals surface area contributed by atoms with Gasteiger partial charge in [-0.2, -0.15) is 0 Å². The van der Waals surface area contributed by atoms with E-state index in [-0.39, 0.29) is 5.41 Å². The highest BCUT2D eigenvalue weighted by atomic mass is 19.3. The summed E-state index contributed by atoms with van der Waals surface area (Å²) in [6, 6.07) is 0. The molecule has 112 valence electrons. The monoisotopic (exact) mass is 282 g/mol. The molecule has 3 saturated carbocycles. The molecule has 3 heteroatoms. The van der Waals surface area contributed by atoms with Crippen LogP contribution in [0.15, 0.2) is 11.1 Å². The molecule has 0 aromatic rings. The van der Waals surface area contributed by atoms with Gasteiger partial charge in [0.15, 0.2) is 0 Å². The molecule has 0 saturated heterocycles. The molecule has 0 aromatic carbocycles. The molecule has 4 aliphatic rings. The number of alkyl halides is 2. The molecule has 0 unspecified atom stereocenters. The van der Waals surface area contributed by atoms with E-state index in [1.807, 2.05) is 0 Å². The summed E-state index contributed by atoms with van der Waals surface area (Å²) in [5, 5.41) is 0. The normalized spacial score (nSPS) is 38.5. The number of aldehydes is 1. The summed E-state index contributed by atoms with van der Waals surface area (Å²) in [6.45, 7) is 4.44. The van der Waals surface area contributed by atoms with Crippen LogP contribution < -0.4 is 0 Å². The van der Waals surface area contributed by atoms with Crippen LogP contribution in [0, 0.1) is 16.2 Å². The highest BCUT2D eigenvalue weighted by Crippen LogP contribution is 2.79. The molecule has 2 bridgehead atoms. The summed E-state index contributed by atoms with van der Waals surface area (Å²) in [5.41, 5.74) is 1.77. The Hall–Kier alpha value is -0.730. The Morgan fingerprint density at radius 2 is 1.80 bits per heavy atom. The first kappa shape index (κ1) is 14.2. The molecule has 4 aliphatic carbocycles. The van der Waals surface area contributed by atoms with E-state index < -0.39 is 11.8 Å². The van der Waals surface area contributed by atoms with Crippen molar-refractivity contribution in [3.05, 3.63) is 11.1 Å². The average molecular weight is 282 g/mol. The van der Waals surface area contributed by atoms with Gasteiger partial charge in [0.1, 0.15) is 6.29 Å². The molecule has 0 heterocycles. The molecule has 0 radical (unpaired) electrons. The minimum absolute atomic E-state index is 0.0251. The Balaban J connectivity index is 1.85. The van der Waals surface area contributed by atoms with Crippen molar-refractivity contribution in [1.82, 2.24) is 0 Å². The maximum Gasteiger partial charge on any atom is 0.244 e. The maximum atomic E-state index is 13.0. The Morgan fingerprint density at radius 1 is 1.20 bits per heavy atom. The predicted molar refractivity (Wildman–Crippen MR) is 74.7 cm³/mol. The fourth-order valence-corrected chi connectivity index (χ4v) is 5.06. The van der Waals surface area contributed by atoms with Crippen LogP contribution >= 0.6 is 0 Å².